The summed E-state index contributed by atoms with van der Waals surface area (Å²) in [5.74, 6) is -1.41. The summed E-state index contributed by atoms with van der Waals surface area (Å²) in [5, 5.41) is 6.15. The number of hydrogen-bond donors (Lipinski definition) is 3. The van der Waals surface area contributed by atoms with Crippen molar-refractivity contribution in [3.63, 3.8) is 0 Å². The molecule has 0 unspecified atom stereocenters. The van der Waals surface area contributed by atoms with Crippen molar-refractivity contribution in [2.24, 2.45) is 0 Å². The third-order valence-electron chi connectivity index (χ3n) is 4.60. The Morgan fingerprint density at radius 2 is 2.00 bits per heavy atom. The van der Waals surface area contributed by atoms with Crippen molar-refractivity contribution < 1.29 is 22.7 Å². The molecule has 2 aromatic carbocycles. The van der Waals surface area contributed by atoms with Gasteiger partial charge in [-0.25, -0.2) is 4.79 Å². The molecule has 164 valence electrons. The lowest BCUT2D eigenvalue weighted by atomic mass is 10.0. The Morgan fingerprint density at radius 3 is 2.65 bits per heavy atom. The predicted molar refractivity (Wildman–Crippen MR) is 108 cm³/mol. The zero-order valence-corrected chi connectivity index (χ0v) is 16.7. The van der Waals surface area contributed by atoms with E-state index in [2.05, 4.69) is 10.1 Å². The molecule has 0 aliphatic carbocycles. The van der Waals surface area contributed by atoms with Crippen molar-refractivity contribution >= 4 is 11.6 Å². The maximum absolute atomic E-state index is 12.5. The Bertz CT molecular complexity index is 1170. The average Bonchev–Trinajstić information content (AvgIpc) is 3.12. The number of methoxy groups -OCH3 is 1. The van der Waals surface area contributed by atoms with E-state index in [1.165, 1.54) is 7.11 Å². The first-order chi connectivity index (χ1) is 14.6. The van der Waals surface area contributed by atoms with Gasteiger partial charge < -0.3 is 15.8 Å². The number of aromatic nitrogens is 3. The first-order valence-corrected chi connectivity index (χ1v) is 9.24. The van der Waals surface area contributed by atoms with Gasteiger partial charge in [0.2, 0.25) is 0 Å². The van der Waals surface area contributed by atoms with Gasteiger partial charge in [-0.3, -0.25) is 9.78 Å². The predicted octanol–water partition coefficient (Wildman–Crippen LogP) is 2.56. The highest BCUT2D eigenvalue weighted by molar-refractivity contribution is 5.81. The first kappa shape index (κ1) is 21.9. The van der Waals surface area contributed by atoms with Crippen LogP contribution in [0.1, 0.15) is 18.1 Å². The molecule has 4 N–H and O–H groups in total. The highest BCUT2D eigenvalue weighted by Gasteiger charge is 2.38. The van der Waals surface area contributed by atoms with E-state index in [-0.39, 0.29) is 12.4 Å². The number of nitrogens with one attached hydrogen (secondary N) is 2. The second-order valence-corrected chi connectivity index (χ2v) is 6.64. The fourth-order valence-electron chi connectivity index (χ4n) is 3.00. The van der Waals surface area contributed by atoms with E-state index < -0.39 is 17.8 Å². The third kappa shape index (κ3) is 4.71. The molecule has 0 aliphatic rings. The molecule has 0 saturated heterocycles. The molecule has 0 atom stereocenters. The molecule has 31 heavy (non-hydrogen) atoms. The Labute approximate surface area is 174 Å². The van der Waals surface area contributed by atoms with Gasteiger partial charge in [0.05, 0.1) is 18.5 Å². The number of anilines is 1. The number of H-pyrrole nitrogens is 1. The van der Waals surface area contributed by atoms with Crippen LogP contribution in [0.25, 0.3) is 17.1 Å². The molecular weight excluding hydrogens is 415 g/mol. The smallest absolute Gasteiger partial charge is 0.471 e. The van der Waals surface area contributed by atoms with Crippen molar-refractivity contribution in [3.05, 3.63) is 58.0 Å². The summed E-state index contributed by atoms with van der Waals surface area (Å²) in [7, 11) is 1.45. The van der Waals surface area contributed by atoms with Crippen LogP contribution in [0.5, 0.6) is 5.75 Å². The van der Waals surface area contributed by atoms with E-state index >= 15 is 0 Å². The van der Waals surface area contributed by atoms with E-state index in [1.54, 1.807) is 36.4 Å². The minimum absolute atomic E-state index is 0.238. The van der Waals surface area contributed by atoms with Crippen LogP contribution in [0, 0.1) is 0 Å². The number of nitrogen functional groups attached to an aromatic ring is 1. The van der Waals surface area contributed by atoms with Gasteiger partial charge in [-0.15, -0.1) is 5.10 Å². The highest BCUT2D eigenvalue weighted by atomic mass is 19.4. The number of alkyl halides is 3. The Kier molecular flexibility index (Phi) is 6.04. The molecule has 3 aromatic rings. The molecule has 1 aromatic heterocycles. The van der Waals surface area contributed by atoms with Crippen LogP contribution in [0.2, 0.25) is 0 Å². The van der Waals surface area contributed by atoms with Crippen molar-refractivity contribution in [2.45, 2.75) is 26.1 Å². The number of carbonyl (C=O) groups is 1. The number of hydrogen-bond acceptors (Lipinski definition) is 5. The molecule has 1 amide bonds. The summed E-state index contributed by atoms with van der Waals surface area (Å²) in [6.07, 6.45) is -4.37. The lowest BCUT2D eigenvalue weighted by Gasteiger charge is -2.11. The minimum Gasteiger partial charge on any atom is -0.495 e. The Balaban J connectivity index is 1.96. The minimum atomic E-state index is -4.96. The van der Waals surface area contributed by atoms with Crippen molar-refractivity contribution in [3.8, 4) is 22.8 Å². The number of benzene rings is 2. The molecule has 1 heterocycles. The normalized spacial score (nSPS) is 11.4. The Hall–Kier alpha value is -3.76. The monoisotopic (exact) mass is 435 g/mol. The van der Waals surface area contributed by atoms with Crippen LogP contribution in [0.4, 0.5) is 18.9 Å². The number of rotatable bonds is 6. The summed E-state index contributed by atoms with van der Waals surface area (Å²) >= 11 is 0. The van der Waals surface area contributed by atoms with Crippen LogP contribution < -0.4 is 21.5 Å². The average molecular weight is 435 g/mol. The maximum atomic E-state index is 12.5. The summed E-state index contributed by atoms with van der Waals surface area (Å²) in [6, 6.07) is 9.66. The van der Waals surface area contributed by atoms with Crippen molar-refractivity contribution in [1.29, 1.82) is 0 Å². The van der Waals surface area contributed by atoms with Crippen molar-refractivity contribution in [2.75, 3.05) is 12.8 Å². The van der Waals surface area contributed by atoms with Crippen LogP contribution in [0.3, 0.4) is 0 Å². The number of carbonyl (C=O) groups excluding carboxylic acids is 1. The number of amides is 1. The lowest BCUT2D eigenvalue weighted by molar-refractivity contribution is -0.173. The zero-order valence-electron chi connectivity index (χ0n) is 16.7. The van der Waals surface area contributed by atoms with Gasteiger partial charge in [-0.05, 0) is 35.7 Å². The molecule has 11 heteroatoms. The molecule has 3 rings (SSSR count). The third-order valence-corrected chi connectivity index (χ3v) is 4.60. The molecule has 0 radical (unpaired) electrons. The van der Waals surface area contributed by atoms with E-state index in [4.69, 9.17) is 10.5 Å². The number of halogens is 3. The fraction of sp³-hybridized carbons (Fsp3) is 0.250. The summed E-state index contributed by atoms with van der Waals surface area (Å²) in [6.45, 7) is 1.57. The van der Waals surface area contributed by atoms with Crippen LogP contribution in [0.15, 0.2) is 41.2 Å². The molecule has 0 saturated carbocycles. The highest BCUT2D eigenvalue weighted by Crippen LogP contribution is 2.25. The van der Waals surface area contributed by atoms with Crippen LogP contribution in [-0.4, -0.2) is 34.0 Å². The largest absolute Gasteiger partial charge is 0.495 e. The molecule has 0 spiro atoms. The van der Waals surface area contributed by atoms with Gasteiger partial charge in [0, 0.05) is 18.2 Å². The standard InChI is InChI=1S/C20H20F3N5O3/c1-3-12-5-4-11(10-25-18(29)20(21,22)23)8-14(12)17-26-19(30)28(27-17)13-6-7-15(24)16(9-13)31-2/h4-9H,3,10,24H2,1-2H3,(H,25,29)(H,26,27,30). The summed E-state index contributed by atoms with van der Waals surface area (Å²) in [5.41, 5.74) is 7.90. The van der Waals surface area contributed by atoms with Gasteiger partial charge >= 0.3 is 17.8 Å². The summed E-state index contributed by atoms with van der Waals surface area (Å²) in [4.78, 5) is 26.2. The summed E-state index contributed by atoms with van der Waals surface area (Å²) < 4.78 is 43.6. The van der Waals surface area contributed by atoms with E-state index in [9.17, 15) is 22.8 Å². The van der Waals surface area contributed by atoms with E-state index in [1.807, 2.05) is 12.2 Å². The van der Waals surface area contributed by atoms with E-state index in [0.717, 1.165) is 10.2 Å². The number of nitrogens with zero attached hydrogens (tertiary/aromatic N) is 2. The lowest BCUT2D eigenvalue weighted by Crippen LogP contribution is -2.36. The van der Waals surface area contributed by atoms with Gasteiger partial charge in [0.1, 0.15) is 5.75 Å². The first-order valence-electron chi connectivity index (χ1n) is 9.24. The van der Waals surface area contributed by atoms with Crippen LogP contribution >= 0.6 is 0 Å². The SMILES string of the molecule is CCc1ccc(CNC(=O)C(F)(F)F)cc1-c1nn(-c2ccc(N)c(OC)c2)c(=O)[nH]1. The molecule has 0 aliphatic heterocycles. The topological polar surface area (TPSA) is 115 Å². The maximum Gasteiger partial charge on any atom is 0.471 e. The second-order valence-electron chi connectivity index (χ2n) is 6.64. The Morgan fingerprint density at radius 1 is 1.26 bits per heavy atom. The second kappa shape index (κ2) is 8.54. The molecule has 0 fully saturated rings. The molecule has 8 nitrogen and oxygen atoms in total. The number of aromatic amines is 1. The van der Waals surface area contributed by atoms with Crippen LogP contribution in [-0.2, 0) is 17.8 Å². The zero-order chi connectivity index (χ0) is 22.8. The van der Waals surface area contributed by atoms with Gasteiger partial charge in [-0.1, -0.05) is 19.1 Å². The number of nitrogens with two attached hydrogens (primary N) is 1. The fourth-order valence-corrected chi connectivity index (χ4v) is 3.00. The van der Waals surface area contributed by atoms with Gasteiger partial charge in [-0.2, -0.15) is 17.9 Å². The number of ether oxygens (including phenoxy) is 1. The molecular formula is C20H20F3N5O3. The van der Waals surface area contributed by atoms with E-state index in [0.29, 0.717) is 34.7 Å². The number of aryl methyl sites for hydroxylation is 1. The van der Waals surface area contributed by atoms with Gasteiger partial charge in [0.15, 0.2) is 5.82 Å². The van der Waals surface area contributed by atoms with Crippen molar-refractivity contribution in [1.82, 2.24) is 20.1 Å². The molecule has 0 bridgehead atoms. The van der Waals surface area contributed by atoms with Gasteiger partial charge in [0.25, 0.3) is 0 Å². The quantitative estimate of drug-likeness (QED) is 0.515.